The third-order valence-electron chi connectivity index (χ3n) is 5.51. The van der Waals surface area contributed by atoms with Crippen LogP contribution in [0.1, 0.15) is 93.4 Å². The first-order valence-corrected chi connectivity index (χ1v) is 8.42. The number of hydrogen-bond donors (Lipinski definition) is 0. The van der Waals surface area contributed by atoms with E-state index in [4.69, 9.17) is 0 Å². The van der Waals surface area contributed by atoms with Crippen LogP contribution >= 0.6 is 0 Å². The molecule has 0 N–H and O–H groups in total. The molecule has 2 unspecified atom stereocenters. The van der Waals surface area contributed by atoms with Crippen LogP contribution in [-0.4, -0.2) is 0 Å². The highest BCUT2D eigenvalue weighted by Crippen LogP contribution is 2.41. The Morgan fingerprint density at radius 2 is 1.39 bits per heavy atom. The molecule has 0 saturated heterocycles. The van der Waals surface area contributed by atoms with E-state index in [1.807, 2.05) is 0 Å². The normalized spacial score (nSPS) is 16.0. The van der Waals surface area contributed by atoms with E-state index in [1.165, 1.54) is 44.9 Å². The van der Waals surface area contributed by atoms with Crippen LogP contribution in [-0.2, 0) is 0 Å². The summed E-state index contributed by atoms with van der Waals surface area (Å²) in [5, 5.41) is 0. The van der Waals surface area contributed by atoms with E-state index in [1.54, 1.807) is 0 Å². The van der Waals surface area contributed by atoms with Crippen molar-refractivity contribution in [2.75, 3.05) is 0 Å². The van der Waals surface area contributed by atoms with E-state index >= 15 is 0 Å². The summed E-state index contributed by atoms with van der Waals surface area (Å²) in [7, 11) is 0. The van der Waals surface area contributed by atoms with Gasteiger partial charge >= 0.3 is 0 Å². The standard InChI is InChI=1S/C18H38/c1-8-11-12-13-18(9-2,10-3)14-16(6)17(7)15(4)5/h15-17H,8-14H2,1-7H3. The van der Waals surface area contributed by atoms with Gasteiger partial charge in [-0.05, 0) is 36.0 Å². The number of unbranched alkanes of at least 4 members (excludes halogenated alkanes) is 2. The molecule has 0 aliphatic heterocycles. The molecular formula is C18H38. The fraction of sp³-hybridized carbons (Fsp3) is 1.00. The van der Waals surface area contributed by atoms with E-state index in [0.29, 0.717) is 5.41 Å². The molecular weight excluding hydrogens is 216 g/mol. The smallest absolute Gasteiger partial charge is 0.0300 e. The second-order valence-corrected chi connectivity index (χ2v) is 6.95. The van der Waals surface area contributed by atoms with Crippen LogP contribution in [0.25, 0.3) is 0 Å². The molecule has 0 heteroatoms. The van der Waals surface area contributed by atoms with E-state index < -0.39 is 0 Å². The predicted octanol–water partition coefficient (Wildman–Crippen LogP) is 6.69. The zero-order valence-electron chi connectivity index (χ0n) is 14.2. The Balaban J connectivity index is 4.48. The van der Waals surface area contributed by atoms with Crippen molar-refractivity contribution in [2.45, 2.75) is 93.4 Å². The molecule has 0 amide bonds. The van der Waals surface area contributed by atoms with E-state index in [9.17, 15) is 0 Å². The molecule has 0 bridgehead atoms. The Bertz CT molecular complexity index is 188. The fourth-order valence-corrected chi connectivity index (χ4v) is 3.27. The van der Waals surface area contributed by atoms with E-state index in [-0.39, 0.29) is 0 Å². The summed E-state index contributed by atoms with van der Waals surface area (Å²) in [6.45, 7) is 16.8. The first-order chi connectivity index (χ1) is 8.42. The lowest BCUT2D eigenvalue weighted by Crippen LogP contribution is -2.26. The minimum atomic E-state index is 0.623. The van der Waals surface area contributed by atoms with Gasteiger partial charge in [0.15, 0.2) is 0 Å². The van der Waals surface area contributed by atoms with Gasteiger partial charge in [-0.15, -0.1) is 0 Å². The van der Waals surface area contributed by atoms with E-state index in [0.717, 1.165) is 17.8 Å². The summed E-state index contributed by atoms with van der Waals surface area (Å²) in [5.41, 5.74) is 0.623. The van der Waals surface area contributed by atoms with Crippen LogP contribution in [0.4, 0.5) is 0 Å². The lowest BCUT2D eigenvalue weighted by atomic mass is 9.68. The van der Waals surface area contributed by atoms with Crippen molar-refractivity contribution in [3.63, 3.8) is 0 Å². The molecule has 0 rings (SSSR count). The third-order valence-corrected chi connectivity index (χ3v) is 5.51. The number of rotatable bonds is 10. The molecule has 0 nitrogen and oxygen atoms in total. The average Bonchev–Trinajstić information content (AvgIpc) is 2.36. The lowest BCUT2D eigenvalue weighted by molar-refractivity contribution is 0.138. The van der Waals surface area contributed by atoms with Crippen molar-refractivity contribution in [1.82, 2.24) is 0 Å². The van der Waals surface area contributed by atoms with Crippen LogP contribution in [0.5, 0.6) is 0 Å². The van der Waals surface area contributed by atoms with Gasteiger partial charge in [-0.2, -0.15) is 0 Å². The van der Waals surface area contributed by atoms with Crippen LogP contribution in [0.2, 0.25) is 0 Å². The lowest BCUT2D eigenvalue weighted by Gasteiger charge is -2.37. The van der Waals surface area contributed by atoms with Crippen molar-refractivity contribution in [2.24, 2.45) is 23.2 Å². The van der Waals surface area contributed by atoms with Gasteiger partial charge in [0, 0.05) is 0 Å². The topological polar surface area (TPSA) is 0 Å². The Kier molecular flexibility index (Phi) is 8.99. The highest BCUT2D eigenvalue weighted by molar-refractivity contribution is 4.81. The molecule has 0 aliphatic rings. The summed E-state index contributed by atoms with van der Waals surface area (Å²) >= 11 is 0. The minimum absolute atomic E-state index is 0.623. The Morgan fingerprint density at radius 3 is 1.78 bits per heavy atom. The maximum atomic E-state index is 2.48. The predicted molar refractivity (Wildman–Crippen MR) is 84.9 cm³/mol. The van der Waals surface area contributed by atoms with Crippen molar-refractivity contribution < 1.29 is 0 Å². The van der Waals surface area contributed by atoms with Crippen LogP contribution < -0.4 is 0 Å². The van der Waals surface area contributed by atoms with Gasteiger partial charge < -0.3 is 0 Å². The highest BCUT2D eigenvalue weighted by Gasteiger charge is 2.30. The molecule has 0 radical (unpaired) electrons. The first-order valence-electron chi connectivity index (χ1n) is 8.42. The first kappa shape index (κ1) is 18.0. The molecule has 0 aromatic heterocycles. The second kappa shape index (κ2) is 8.99. The molecule has 0 spiro atoms. The van der Waals surface area contributed by atoms with Gasteiger partial charge in [-0.3, -0.25) is 0 Å². The quantitative estimate of drug-likeness (QED) is 0.381. The SMILES string of the molecule is CCCCCC(CC)(CC)CC(C)C(C)C(C)C. The molecule has 0 aromatic rings. The van der Waals surface area contributed by atoms with Crippen molar-refractivity contribution in [1.29, 1.82) is 0 Å². The zero-order valence-corrected chi connectivity index (χ0v) is 14.2. The zero-order chi connectivity index (χ0) is 14.2. The van der Waals surface area contributed by atoms with Gasteiger partial charge in [-0.25, -0.2) is 0 Å². The summed E-state index contributed by atoms with van der Waals surface area (Å²) in [5.74, 6) is 2.54. The van der Waals surface area contributed by atoms with Gasteiger partial charge in [0.05, 0.1) is 0 Å². The van der Waals surface area contributed by atoms with Crippen molar-refractivity contribution in [3.05, 3.63) is 0 Å². The molecule has 0 saturated carbocycles. The Labute approximate surface area is 117 Å². The highest BCUT2D eigenvalue weighted by atomic mass is 14.4. The van der Waals surface area contributed by atoms with Crippen LogP contribution in [0.15, 0.2) is 0 Å². The van der Waals surface area contributed by atoms with Gasteiger partial charge in [0.1, 0.15) is 0 Å². The third kappa shape index (κ3) is 5.76. The van der Waals surface area contributed by atoms with E-state index in [2.05, 4.69) is 48.5 Å². The summed E-state index contributed by atoms with van der Waals surface area (Å²) in [6, 6.07) is 0. The van der Waals surface area contributed by atoms with Gasteiger partial charge in [0.25, 0.3) is 0 Å². The van der Waals surface area contributed by atoms with Crippen LogP contribution in [0, 0.1) is 23.2 Å². The van der Waals surface area contributed by atoms with Crippen LogP contribution in [0.3, 0.4) is 0 Å². The molecule has 18 heavy (non-hydrogen) atoms. The molecule has 0 fully saturated rings. The second-order valence-electron chi connectivity index (χ2n) is 6.95. The average molecular weight is 255 g/mol. The maximum absolute atomic E-state index is 2.48. The monoisotopic (exact) mass is 254 g/mol. The summed E-state index contributed by atoms with van der Waals surface area (Å²) in [6.07, 6.45) is 9.80. The molecule has 0 heterocycles. The fourth-order valence-electron chi connectivity index (χ4n) is 3.27. The molecule has 110 valence electrons. The Hall–Kier alpha value is 0. The Morgan fingerprint density at radius 1 is 0.833 bits per heavy atom. The molecule has 0 aromatic carbocycles. The summed E-state index contributed by atoms with van der Waals surface area (Å²) < 4.78 is 0. The van der Waals surface area contributed by atoms with Crippen molar-refractivity contribution in [3.8, 4) is 0 Å². The minimum Gasteiger partial charge on any atom is -0.0654 e. The summed E-state index contributed by atoms with van der Waals surface area (Å²) in [4.78, 5) is 0. The maximum Gasteiger partial charge on any atom is -0.0300 e. The largest absolute Gasteiger partial charge is 0.0654 e. The van der Waals surface area contributed by atoms with Gasteiger partial charge in [0.2, 0.25) is 0 Å². The number of hydrogen-bond acceptors (Lipinski definition) is 0. The molecule has 2 atom stereocenters. The van der Waals surface area contributed by atoms with Gasteiger partial charge in [-0.1, -0.05) is 80.6 Å². The molecule has 0 aliphatic carbocycles. The van der Waals surface area contributed by atoms with Crippen molar-refractivity contribution >= 4 is 0 Å².